The van der Waals surface area contributed by atoms with Crippen LogP contribution in [0.15, 0.2) is 18.7 Å². The largest absolute Gasteiger partial charge is 0.356 e. The number of carbonyl (C=O) groups excluding carboxylic acids is 1. The van der Waals surface area contributed by atoms with Crippen LogP contribution in [0.2, 0.25) is 0 Å². The third kappa shape index (κ3) is 4.45. The minimum absolute atomic E-state index is 0.107. The number of nitrogens with one attached hydrogen (secondary N) is 1. The number of aromatic nitrogens is 3. The molecule has 6 heteroatoms. The van der Waals surface area contributed by atoms with Crippen LogP contribution in [-0.2, 0) is 17.8 Å². The molecule has 0 aromatic carbocycles. The molecule has 0 unspecified atom stereocenters. The molecule has 1 N–H and O–H groups in total. The van der Waals surface area contributed by atoms with Crippen molar-refractivity contribution in [1.82, 2.24) is 19.9 Å². The van der Waals surface area contributed by atoms with E-state index in [9.17, 15) is 4.79 Å². The van der Waals surface area contributed by atoms with E-state index in [2.05, 4.69) is 22.2 Å². The SMILES string of the molecule is Cc1nc(CCNC(=O)CCCn2ccnc2)sc1C. The molecule has 5 nitrogen and oxygen atoms in total. The second-order valence-electron chi connectivity index (χ2n) is 4.75. The van der Waals surface area contributed by atoms with Crippen LogP contribution in [0.3, 0.4) is 0 Å². The minimum Gasteiger partial charge on any atom is -0.356 e. The standard InChI is InChI=1S/C14H20N4OS/c1-11-12(2)20-14(17-11)5-6-16-13(19)4-3-8-18-9-7-15-10-18/h7,9-10H,3-6,8H2,1-2H3,(H,16,19). The van der Waals surface area contributed by atoms with E-state index in [0.717, 1.165) is 30.1 Å². The van der Waals surface area contributed by atoms with Crippen molar-refractivity contribution in [3.63, 3.8) is 0 Å². The number of imidazole rings is 1. The molecular formula is C14H20N4OS. The van der Waals surface area contributed by atoms with E-state index < -0.39 is 0 Å². The summed E-state index contributed by atoms with van der Waals surface area (Å²) in [5, 5.41) is 4.04. The molecule has 0 radical (unpaired) electrons. The summed E-state index contributed by atoms with van der Waals surface area (Å²) in [5.41, 5.74) is 1.09. The molecule has 0 saturated heterocycles. The third-order valence-corrected chi connectivity index (χ3v) is 4.25. The van der Waals surface area contributed by atoms with E-state index in [4.69, 9.17) is 0 Å². The first-order valence-corrected chi connectivity index (χ1v) is 7.62. The molecule has 0 bridgehead atoms. The number of aryl methyl sites for hydroxylation is 3. The zero-order valence-corrected chi connectivity index (χ0v) is 12.7. The Hall–Kier alpha value is -1.69. The number of carbonyl (C=O) groups is 1. The summed E-state index contributed by atoms with van der Waals surface area (Å²) in [6.07, 6.45) is 7.62. The zero-order valence-electron chi connectivity index (χ0n) is 11.9. The van der Waals surface area contributed by atoms with E-state index in [1.54, 1.807) is 23.9 Å². The van der Waals surface area contributed by atoms with E-state index >= 15 is 0 Å². The van der Waals surface area contributed by atoms with Crippen LogP contribution in [0.5, 0.6) is 0 Å². The number of amides is 1. The molecule has 0 aliphatic heterocycles. The maximum atomic E-state index is 11.7. The Balaban J connectivity index is 1.60. The van der Waals surface area contributed by atoms with Crippen molar-refractivity contribution in [3.8, 4) is 0 Å². The van der Waals surface area contributed by atoms with Crippen LogP contribution >= 0.6 is 11.3 Å². The molecule has 2 rings (SSSR count). The lowest BCUT2D eigenvalue weighted by molar-refractivity contribution is -0.121. The highest BCUT2D eigenvalue weighted by Gasteiger charge is 2.05. The molecule has 2 heterocycles. The molecule has 0 aliphatic carbocycles. The Kier molecular flexibility index (Phi) is 5.29. The van der Waals surface area contributed by atoms with Gasteiger partial charge in [0.2, 0.25) is 5.91 Å². The van der Waals surface area contributed by atoms with Crippen molar-refractivity contribution in [2.45, 2.75) is 39.7 Å². The second kappa shape index (κ2) is 7.19. The van der Waals surface area contributed by atoms with Crippen LogP contribution in [0.4, 0.5) is 0 Å². The van der Waals surface area contributed by atoms with Gasteiger partial charge in [-0.15, -0.1) is 11.3 Å². The van der Waals surface area contributed by atoms with Gasteiger partial charge in [0.1, 0.15) is 0 Å². The minimum atomic E-state index is 0.107. The molecule has 0 atom stereocenters. The van der Waals surface area contributed by atoms with Gasteiger partial charge in [0.25, 0.3) is 0 Å². The highest BCUT2D eigenvalue weighted by molar-refractivity contribution is 7.11. The number of thiazole rings is 1. The van der Waals surface area contributed by atoms with Crippen molar-refractivity contribution in [1.29, 1.82) is 0 Å². The molecule has 0 fully saturated rings. The predicted molar refractivity (Wildman–Crippen MR) is 79.8 cm³/mol. The average molecular weight is 292 g/mol. The topological polar surface area (TPSA) is 59.8 Å². The van der Waals surface area contributed by atoms with Gasteiger partial charge in [0.05, 0.1) is 17.0 Å². The van der Waals surface area contributed by atoms with Crippen LogP contribution < -0.4 is 5.32 Å². The van der Waals surface area contributed by atoms with Crippen LogP contribution in [0, 0.1) is 13.8 Å². The quantitative estimate of drug-likeness (QED) is 0.850. The Labute approximate surface area is 123 Å². The lowest BCUT2D eigenvalue weighted by Gasteiger charge is -2.04. The zero-order chi connectivity index (χ0) is 14.4. The van der Waals surface area contributed by atoms with Gasteiger partial charge in [0, 0.05) is 43.2 Å². The number of rotatable bonds is 7. The Bertz CT molecular complexity index is 528. The van der Waals surface area contributed by atoms with Gasteiger partial charge in [-0.05, 0) is 20.3 Å². The maximum absolute atomic E-state index is 11.7. The molecule has 1 amide bonds. The predicted octanol–water partition coefficient (Wildman–Crippen LogP) is 2.10. The van der Waals surface area contributed by atoms with Crippen LogP contribution in [0.1, 0.15) is 28.4 Å². The molecule has 0 saturated carbocycles. The van der Waals surface area contributed by atoms with Gasteiger partial charge in [-0.1, -0.05) is 0 Å². The Morgan fingerprint density at radius 2 is 2.30 bits per heavy atom. The summed E-state index contributed by atoms with van der Waals surface area (Å²) in [6, 6.07) is 0. The van der Waals surface area contributed by atoms with Gasteiger partial charge in [-0.3, -0.25) is 4.79 Å². The van der Waals surface area contributed by atoms with Crippen LogP contribution in [-0.4, -0.2) is 27.0 Å². The summed E-state index contributed by atoms with van der Waals surface area (Å²) >= 11 is 1.71. The fourth-order valence-corrected chi connectivity index (χ4v) is 2.82. The Morgan fingerprint density at radius 3 is 2.95 bits per heavy atom. The summed E-state index contributed by atoms with van der Waals surface area (Å²) in [4.78, 5) is 21.4. The fraction of sp³-hybridized carbons (Fsp3) is 0.500. The van der Waals surface area contributed by atoms with E-state index in [1.807, 2.05) is 17.7 Å². The molecule has 108 valence electrons. The molecule has 0 spiro atoms. The monoisotopic (exact) mass is 292 g/mol. The number of hydrogen-bond donors (Lipinski definition) is 1. The Morgan fingerprint density at radius 1 is 1.45 bits per heavy atom. The van der Waals surface area contributed by atoms with Gasteiger partial charge in [-0.2, -0.15) is 0 Å². The maximum Gasteiger partial charge on any atom is 0.220 e. The van der Waals surface area contributed by atoms with Crippen molar-refractivity contribution < 1.29 is 4.79 Å². The van der Waals surface area contributed by atoms with Crippen LogP contribution in [0.25, 0.3) is 0 Å². The molecule has 2 aromatic heterocycles. The summed E-state index contributed by atoms with van der Waals surface area (Å²) < 4.78 is 1.98. The third-order valence-electron chi connectivity index (χ3n) is 3.11. The van der Waals surface area contributed by atoms with Crippen molar-refractivity contribution >= 4 is 17.2 Å². The highest BCUT2D eigenvalue weighted by atomic mass is 32.1. The lowest BCUT2D eigenvalue weighted by atomic mass is 10.3. The van der Waals surface area contributed by atoms with Gasteiger partial charge < -0.3 is 9.88 Å². The molecule has 0 aliphatic rings. The van der Waals surface area contributed by atoms with E-state index in [-0.39, 0.29) is 5.91 Å². The first-order valence-electron chi connectivity index (χ1n) is 6.80. The van der Waals surface area contributed by atoms with Crippen molar-refractivity contribution in [2.75, 3.05) is 6.54 Å². The van der Waals surface area contributed by atoms with Gasteiger partial charge >= 0.3 is 0 Å². The van der Waals surface area contributed by atoms with Crippen molar-refractivity contribution in [2.24, 2.45) is 0 Å². The number of nitrogens with zero attached hydrogens (tertiary/aromatic N) is 3. The molecular weight excluding hydrogens is 272 g/mol. The van der Waals surface area contributed by atoms with Gasteiger partial charge in [-0.25, -0.2) is 9.97 Å². The number of hydrogen-bond acceptors (Lipinski definition) is 4. The van der Waals surface area contributed by atoms with Crippen molar-refractivity contribution in [3.05, 3.63) is 34.3 Å². The van der Waals surface area contributed by atoms with E-state index in [0.29, 0.717) is 13.0 Å². The first kappa shape index (κ1) is 14.7. The molecule has 2 aromatic rings. The fourth-order valence-electron chi connectivity index (χ4n) is 1.88. The highest BCUT2D eigenvalue weighted by Crippen LogP contribution is 2.16. The van der Waals surface area contributed by atoms with E-state index in [1.165, 1.54) is 4.88 Å². The smallest absolute Gasteiger partial charge is 0.220 e. The molecule has 20 heavy (non-hydrogen) atoms. The summed E-state index contributed by atoms with van der Waals surface area (Å²) in [7, 11) is 0. The second-order valence-corrected chi connectivity index (χ2v) is 6.04. The first-order chi connectivity index (χ1) is 9.65. The normalized spacial score (nSPS) is 10.7. The summed E-state index contributed by atoms with van der Waals surface area (Å²) in [6.45, 7) is 5.59. The summed E-state index contributed by atoms with van der Waals surface area (Å²) in [5.74, 6) is 0.107. The average Bonchev–Trinajstić information content (AvgIpc) is 3.01. The lowest BCUT2D eigenvalue weighted by Crippen LogP contribution is -2.25. The van der Waals surface area contributed by atoms with Gasteiger partial charge in [0.15, 0.2) is 0 Å².